The largest absolute Gasteiger partial charge is 0.449 e. The number of nitrogens with zero attached hydrogens (tertiary/aromatic N) is 1. The van der Waals surface area contributed by atoms with Crippen molar-refractivity contribution in [1.29, 1.82) is 0 Å². The van der Waals surface area contributed by atoms with E-state index in [4.69, 9.17) is 4.74 Å². The van der Waals surface area contributed by atoms with Gasteiger partial charge in [-0.1, -0.05) is 36.4 Å². The number of carbonyl (C=O) groups is 4. The van der Waals surface area contributed by atoms with E-state index in [0.717, 1.165) is 10.5 Å². The molecule has 0 spiro atoms. The monoisotopic (exact) mass is 394 g/mol. The molecule has 2 aromatic rings. The summed E-state index contributed by atoms with van der Waals surface area (Å²) in [6, 6.07) is 15.8. The fourth-order valence-corrected chi connectivity index (χ4v) is 3.04. The van der Waals surface area contributed by atoms with Crippen molar-refractivity contribution in [2.75, 3.05) is 11.4 Å². The lowest BCUT2D eigenvalue weighted by atomic mass is 10.1. The third-order valence-corrected chi connectivity index (χ3v) is 4.60. The van der Waals surface area contributed by atoms with Gasteiger partial charge in [-0.3, -0.25) is 19.3 Å². The molecule has 1 atom stereocenters. The van der Waals surface area contributed by atoms with Crippen molar-refractivity contribution in [1.82, 2.24) is 5.32 Å². The van der Waals surface area contributed by atoms with Crippen molar-refractivity contribution < 1.29 is 23.9 Å². The molecule has 2 aromatic carbocycles. The van der Waals surface area contributed by atoms with Crippen LogP contribution in [0.25, 0.3) is 0 Å². The average Bonchev–Trinajstić information content (AvgIpc) is 3.06. The van der Waals surface area contributed by atoms with Gasteiger partial charge in [0, 0.05) is 19.4 Å². The molecular formula is C22H22N2O5. The molecule has 1 saturated heterocycles. The summed E-state index contributed by atoms with van der Waals surface area (Å²) in [5, 5.41) is 2.74. The topological polar surface area (TPSA) is 92.8 Å². The van der Waals surface area contributed by atoms with E-state index in [1.165, 1.54) is 19.1 Å². The number of rotatable bonds is 7. The number of imide groups is 1. The van der Waals surface area contributed by atoms with E-state index in [-0.39, 0.29) is 30.2 Å². The number of anilines is 1. The SMILES string of the molecule is C[C@@H](OC(=O)c1cccc(N2C(=O)CCC2=O)c1)C(=O)NCCc1ccccc1. The van der Waals surface area contributed by atoms with Crippen LogP contribution in [0.5, 0.6) is 0 Å². The first-order chi connectivity index (χ1) is 14.0. The Hall–Kier alpha value is -3.48. The van der Waals surface area contributed by atoms with E-state index in [1.807, 2.05) is 30.3 Å². The van der Waals surface area contributed by atoms with Gasteiger partial charge in [0.2, 0.25) is 11.8 Å². The van der Waals surface area contributed by atoms with E-state index in [9.17, 15) is 19.2 Å². The minimum Gasteiger partial charge on any atom is -0.449 e. The third kappa shape index (κ3) is 5.07. The minimum absolute atomic E-state index is 0.160. The molecule has 0 radical (unpaired) electrons. The van der Waals surface area contributed by atoms with Crippen LogP contribution < -0.4 is 10.2 Å². The highest BCUT2D eigenvalue weighted by atomic mass is 16.5. The summed E-state index contributed by atoms with van der Waals surface area (Å²) < 4.78 is 5.23. The molecule has 7 nitrogen and oxygen atoms in total. The zero-order chi connectivity index (χ0) is 20.8. The number of hydrogen-bond donors (Lipinski definition) is 1. The van der Waals surface area contributed by atoms with Crippen molar-refractivity contribution >= 4 is 29.4 Å². The average molecular weight is 394 g/mol. The van der Waals surface area contributed by atoms with Crippen LogP contribution in [-0.2, 0) is 25.5 Å². The second kappa shape index (κ2) is 9.14. The number of hydrogen-bond acceptors (Lipinski definition) is 5. The lowest BCUT2D eigenvalue weighted by Crippen LogP contribution is -2.37. The maximum Gasteiger partial charge on any atom is 0.338 e. The quantitative estimate of drug-likeness (QED) is 0.574. The Labute approximate surface area is 168 Å². The summed E-state index contributed by atoms with van der Waals surface area (Å²) in [5.74, 6) is -1.69. The van der Waals surface area contributed by atoms with Crippen molar-refractivity contribution in [2.24, 2.45) is 0 Å². The van der Waals surface area contributed by atoms with Crippen LogP contribution in [0, 0.1) is 0 Å². The highest BCUT2D eigenvalue weighted by Crippen LogP contribution is 2.23. The second-order valence-electron chi connectivity index (χ2n) is 6.75. The Morgan fingerprint density at radius 3 is 2.41 bits per heavy atom. The van der Waals surface area contributed by atoms with Gasteiger partial charge in [0.15, 0.2) is 6.10 Å². The molecule has 150 valence electrons. The van der Waals surface area contributed by atoms with E-state index in [2.05, 4.69) is 5.32 Å². The van der Waals surface area contributed by atoms with Gasteiger partial charge < -0.3 is 10.1 Å². The maximum absolute atomic E-state index is 12.4. The van der Waals surface area contributed by atoms with Gasteiger partial charge in [-0.15, -0.1) is 0 Å². The van der Waals surface area contributed by atoms with Crippen LogP contribution in [0.15, 0.2) is 54.6 Å². The van der Waals surface area contributed by atoms with Crippen LogP contribution in [-0.4, -0.2) is 36.3 Å². The molecule has 0 unspecified atom stereocenters. The highest BCUT2D eigenvalue weighted by Gasteiger charge is 2.30. The van der Waals surface area contributed by atoms with Crippen molar-refractivity contribution in [3.63, 3.8) is 0 Å². The minimum atomic E-state index is -0.975. The van der Waals surface area contributed by atoms with Gasteiger partial charge in [-0.2, -0.15) is 0 Å². The summed E-state index contributed by atoms with van der Waals surface area (Å²) in [6.07, 6.45) is 0.0196. The first-order valence-electron chi connectivity index (χ1n) is 9.44. The van der Waals surface area contributed by atoms with Gasteiger partial charge in [0.1, 0.15) is 0 Å². The molecule has 0 saturated carbocycles. The van der Waals surface area contributed by atoms with Crippen LogP contribution in [0.3, 0.4) is 0 Å². The number of nitrogens with one attached hydrogen (secondary N) is 1. The van der Waals surface area contributed by atoms with Gasteiger partial charge in [0.05, 0.1) is 11.3 Å². The van der Waals surface area contributed by atoms with E-state index in [1.54, 1.807) is 12.1 Å². The molecule has 0 bridgehead atoms. The smallest absolute Gasteiger partial charge is 0.338 e. The summed E-state index contributed by atoms with van der Waals surface area (Å²) in [4.78, 5) is 49.4. The van der Waals surface area contributed by atoms with E-state index >= 15 is 0 Å². The summed E-state index contributed by atoms with van der Waals surface area (Å²) in [6.45, 7) is 1.92. The molecule has 3 amide bonds. The standard InChI is InChI=1S/C22H22N2O5/c1-15(21(27)23-13-12-16-6-3-2-4-7-16)29-22(28)17-8-5-9-18(14-17)24-19(25)10-11-20(24)26/h2-9,14-15H,10-13H2,1H3,(H,23,27)/t15-/m1/s1. The fraction of sp³-hybridized carbons (Fsp3) is 0.273. The predicted octanol–water partition coefficient (Wildman–Crippen LogP) is 2.24. The fourth-order valence-electron chi connectivity index (χ4n) is 3.04. The Kier molecular flexibility index (Phi) is 6.39. The van der Waals surface area contributed by atoms with Crippen LogP contribution in [0.4, 0.5) is 5.69 Å². The molecule has 7 heteroatoms. The van der Waals surface area contributed by atoms with E-state index in [0.29, 0.717) is 18.7 Å². The summed E-state index contributed by atoms with van der Waals surface area (Å²) in [5.41, 5.74) is 1.59. The molecule has 1 heterocycles. The van der Waals surface area contributed by atoms with Gasteiger partial charge in [-0.25, -0.2) is 4.79 Å². The van der Waals surface area contributed by atoms with Crippen molar-refractivity contribution in [3.8, 4) is 0 Å². The molecule has 0 aromatic heterocycles. The molecule has 3 rings (SSSR count). The molecule has 0 aliphatic carbocycles. The van der Waals surface area contributed by atoms with Gasteiger partial charge in [0.25, 0.3) is 5.91 Å². The molecule has 1 aliphatic heterocycles. The number of carbonyl (C=O) groups excluding carboxylic acids is 4. The molecule has 1 fully saturated rings. The molecule has 1 aliphatic rings. The van der Waals surface area contributed by atoms with Crippen LogP contribution >= 0.6 is 0 Å². The number of ether oxygens (including phenoxy) is 1. The maximum atomic E-state index is 12.4. The normalized spacial score (nSPS) is 14.6. The first kappa shape index (κ1) is 20.3. The third-order valence-electron chi connectivity index (χ3n) is 4.60. The van der Waals surface area contributed by atoms with Crippen molar-refractivity contribution in [2.45, 2.75) is 32.3 Å². The Balaban J connectivity index is 1.55. The van der Waals surface area contributed by atoms with Crippen molar-refractivity contribution in [3.05, 3.63) is 65.7 Å². The van der Waals surface area contributed by atoms with Crippen LogP contribution in [0.1, 0.15) is 35.7 Å². The van der Waals surface area contributed by atoms with E-state index < -0.39 is 18.0 Å². The number of esters is 1. The van der Waals surface area contributed by atoms with Gasteiger partial charge >= 0.3 is 5.97 Å². The molecular weight excluding hydrogens is 372 g/mol. The molecule has 29 heavy (non-hydrogen) atoms. The Morgan fingerprint density at radius 1 is 1.03 bits per heavy atom. The molecule has 1 N–H and O–H groups in total. The lowest BCUT2D eigenvalue weighted by molar-refractivity contribution is -0.129. The highest BCUT2D eigenvalue weighted by molar-refractivity contribution is 6.20. The summed E-state index contributed by atoms with van der Waals surface area (Å²) >= 11 is 0. The second-order valence-corrected chi connectivity index (χ2v) is 6.75. The van der Waals surface area contributed by atoms with Crippen LogP contribution in [0.2, 0.25) is 0 Å². The van der Waals surface area contributed by atoms with Gasteiger partial charge in [-0.05, 0) is 37.1 Å². The summed E-state index contributed by atoms with van der Waals surface area (Å²) in [7, 11) is 0. The Morgan fingerprint density at radius 2 is 1.72 bits per heavy atom. The lowest BCUT2D eigenvalue weighted by Gasteiger charge is -2.16. The number of benzene rings is 2. The zero-order valence-corrected chi connectivity index (χ0v) is 16.1. The zero-order valence-electron chi connectivity index (χ0n) is 16.1. The predicted molar refractivity (Wildman–Crippen MR) is 106 cm³/mol. The first-order valence-corrected chi connectivity index (χ1v) is 9.44. The number of amides is 3. The Bertz CT molecular complexity index is 910.